The van der Waals surface area contributed by atoms with Gasteiger partial charge in [-0.25, -0.2) is 0 Å². The van der Waals surface area contributed by atoms with Crippen molar-refractivity contribution in [3.8, 4) is 0 Å². The maximum Gasteiger partial charge on any atom is 0.0722 e. The highest BCUT2D eigenvalue weighted by molar-refractivity contribution is 9.10. The van der Waals surface area contributed by atoms with E-state index < -0.39 is 0 Å². The molecule has 0 aliphatic rings. The number of anilines is 1. The van der Waals surface area contributed by atoms with E-state index in [1.165, 1.54) is 0 Å². The van der Waals surface area contributed by atoms with E-state index in [4.69, 9.17) is 23.2 Å². The zero-order chi connectivity index (χ0) is 14.0. The van der Waals surface area contributed by atoms with Gasteiger partial charge in [0.05, 0.1) is 21.9 Å². The molecule has 1 N–H and O–H groups in total. The molecule has 19 heavy (non-hydrogen) atoms. The van der Waals surface area contributed by atoms with Crippen molar-refractivity contribution in [2.45, 2.75) is 26.4 Å². The lowest BCUT2D eigenvalue weighted by Crippen LogP contribution is -2.01. The smallest absolute Gasteiger partial charge is 0.0722 e. The highest BCUT2D eigenvalue weighted by Gasteiger charge is 2.08. The van der Waals surface area contributed by atoms with Crippen molar-refractivity contribution < 1.29 is 0 Å². The molecule has 0 radical (unpaired) electrons. The van der Waals surface area contributed by atoms with Crippen LogP contribution in [0.4, 0.5) is 5.69 Å². The first-order valence-corrected chi connectivity index (χ1v) is 7.43. The van der Waals surface area contributed by atoms with Crippen LogP contribution in [-0.4, -0.2) is 9.78 Å². The Morgan fingerprint density at radius 3 is 2.47 bits per heavy atom. The SMILES string of the molecule is CC(C)n1cc(CNc2c(Cl)cc(Br)cc2Cl)cn1. The fourth-order valence-electron chi connectivity index (χ4n) is 1.65. The molecule has 0 saturated carbocycles. The standard InChI is InChI=1S/C13H14BrCl2N3/c1-8(2)19-7-9(6-18-19)5-17-13-11(15)3-10(14)4-12(13)16/h3-4,6-8,17H,5H2,1-2H3. The molecular weight excluding hydrogens is 349 g/mol. The Bertz CT molecular complexity index is 558. The first-order valence-electron chi connectivity index (χ1n) is 5.89. The van der Waals surface area contributed by atoms with Gasteiger partial charge in [-0.15, -0.1) is 0 Å². The van der Waals surface area contributed by atoms with E-state index in [0.717, 1.165) is 15.7 Å². The number of halogens is 3. The van der Waals surface area contributed by atoms with Crippen LogP contribution in [0, 0.1) is 0 Å². The molecule has 1 aromatic heterocycles. The van der Waals surface area contributed by atoms with Crippen molar-refractivity contribution in [1.82, 2.24) is 9.78 Å². The zero-order valence-electron chi connectivity index (χ0n) is 10.6. The van der Waals surface area contributed by atoms with Gasteiger partial charge in [0, 0.05) is 28.8 Å². The third kappa shape index (κ3) is 3.65. The van der Waals surface area contributed by atoms with Crippen molar-refractivity contribution in [2.24, 2.45) is 0 Å². The molecule has 0 spiro atoms. The van der Waals surface area contributed by atoms with Gasteiger partial charge < -0.3 is 5.32 Å². The molecule has 102 valence electrons. The highest BCUT2D eigenvalue weighted by atomic mass is 79.9. The zero-order valence-corrected chi connectivity index (χ0v) is 13.7. The second kappa shape index (κ2) is 6.16. The number of rotatable bonds is 4. The van der Waals surface area contributed by atoms with Crippen molar-refractivity contribution in [3.05, 3.63) is 44.6 Å². The van der Waals surface area contributed by atoms with Crippen LogP contribution in [0.15, 0.2) is 29.0 Å². The van der Waals surface area contributed by atoms with Gasteiger partial charge in [-0.05, 0) is 26.0 Å². The molecule has 0 fully saturated rings. The summed E-state index contributed by atoms with van der Waals surface area (Å²) >= 11 is 15.7. The van der Waals surface area contributed by atoms with Crippen LogP contribution >= 0.6 is 39.1 Å². The van der Waals surface area contributed by atoms with Crippen LogP contribution in [0.3, 0.4) is 0 Å². The van der Waals surface area contributed by atoms with Crippen molar-refractivity contribution in [3.63, 3.8) is 0 Å². The summed E-state index contributed by atoms with van der Waals surface area (Å²) in [7, 11) is 0. The van der Waals surface area contributed by atoms with Crippen LogP contribution in [0.2, 0.25) is 10.0 Å². The Kier molecular flexibility index (Phi) is 4.76. The summed E-state index contributed by atoms with van der Waals surface area (Å²) in [6.07, 6.45) is 3.85. The summed E-state index contributed by atoms with van der Waals surface area (Å²) in [5.41, 5.74) is 1.83. The van der Waals surface area contributed by atoms with Gasteiger partial charge >= 0.3 is 0 Å². The average Bonchev–Trinajstić information content (AvgIpc) is 2.76. The van der Waals surface area contributed by atoms with E-state index in [9.17, 15) is 0 Å². The molecule has 0 atom stereocenters. The van der Waals surface area contributed by atoms with Gasteiger partial charge in [0.25, 0.3) is 0 Å². The monoisotopic (exact) mass is 361 g/mol. The Labute approximate surface area is 131 Å². The molecule has 0 bridgehead atoms. The van der Waals surface area contributed by atoms with Gasteiger partial charge in [-0.1, -0.05) is 39.1 Å². The Hall–Kier alpha value is -0.710. The molecule has 0 aliphatic carbocycles. The topological polar surface area (TPSA) is 29.9 Å². The molecule has 2 rings (SSSR count). The minimum absolute atomic E-state index is 0.355. The van der Waals surface area contributed by atoms with E-state index in [1.807, 2.05) is 29.2 Å². The van der Waals surface area contributed by atoms with Gasteiger partial charge in [0.15, 0.2) is 0 Å². The number of hydrogen-bond acceptors (Lipinski definition) is 2. The van der Waals surface area contributed by atoms with Gasteiger partial charge in [0.1, 0.15) is 0 Å². The summed E-state index contributed by atoms with van der Waals surface area (Å²) in [5.74, 6) is 0. The van der Waals surface area contributed by atoms with E-state index >= 15 is 0 Å². The van der Waals surface area contributed by atoms with Crippen molar-refractivity contribution in [1.29, 1.82) is 0 Å². The fourth-order valence-corrected chi connectivity index (χ4v) is 2.99. The number of hydrogen-bond donors (Lipinski definition) is 1. The molecule has 0 saturated heterocycles. The number of nitrogens with zero attached hydrogens (tertiary/aromatic N) is 2. The van der Waals surface area contributed by atoms with Gasteiger partial charge in [0.2, 0.25) is 0 Å². The lowest BCUT2D eigenvalue weighted by atomic mass is 10.3. The number of benzene rings is 1. The number of nitrogens with one attached hydrogen (secondary N) is 1. The third-order valence-corrected chi connectivity index (χ3v) is 3.71. The van der Waals surface area contributed by atoms with E-state index in [2.05, 4.69) is 40.2 Å². The van der Waals surface area contributed by atoms with Crippen LogP contribution in [-0.2, 0) is 6.54 Å². The van der Waals surface area contributed by atoms with E-state index in [-0.39, 0.29) is 0 Å². The molecule has 0 aliphatic heterocycles. The molecular formula is C13H14BrCl2N3. The van der Waals surface area contributed by atoms with Crippen LogP contribution in [0.25, 0.3) is 0 Å². The lowest BCUT2D eigenvalue weighted by molar-refractivity contribution is 0.532. The molecule has 3 nitrogen and oxygen atoms in total. The Morgan fingerprint density at radius 2 is 1.95 bits per heavy atom. The predicted molar refractivity (Wildman–Crippen MR) is 84.1 cm³/mol. The molecule has 1 heterocycles. The largest absolute Gasteiger partial charge is 0.378 e. The minimum atomic E-state index is 0.355. The normalized spacial score (nSPS) is 11.1. The van der Waals surface area contributed by atoms with E-state index in [1.54, 1.807) is 0 Å². The Morgan fingerprint density at radius 1 is 1.32 bits per heavy atom. The molecule has 0 amide bonds. The number of aromatic nitrogens is 2. The minimum Gasteiger partial charge on any atom is -0.378 e. The first-order chi connectivity index (χ1) is 8.97. The van der Waals surface area contributed by atoms with Gasteiger partial charge in [-0.3, -0.25) is 4.68 Å². The molecule has 2 aromatic rings. The maximum absolute atomic E-state index is 6.16. The summed E-state index contributed by atoms with van der Waals surface area (Å²) < 4.78 is 2.78. The third-order valence-electron chi connectivity index (χ3n) is 2.66. The summed E-state index contributed by atoms with van der Waals surface area (Å²) in [6, 6.07) is 3.98. The second-order valence-corrected chi connectivity index (χ2v) is 6.25. The summed E-state index contributed by atoms with van der Waals surface area (Å²) in [4.78, 5) is 0. The van der Waals surface area contributed by atoms with Crippen molar-refractivity contribution >= 4 is 44.8 Å². The van der Waals surface area contributed by atoms with Crippen molar-refractivity contribution in [2.75, 3.05) is 5.32 Å². The second-order valence-electron chi connectivity index (χ2n) is 4.52. The summed E-state index contributed by atoms with van der Waals surface area (Å²) in [6.45, 7) is 4.81. The summed E-state index contributed by atoms with van der Waals surface area (Å²) in [5, 5.41) is 8.72. The van der Waals surface area contributed by atoms with E-state index in [0.29, 0.717) is 22.6 Å². The molecule has 1 aromatic carbocycles. The van der Waals surface area contributed by atoms with Gasteiger partial charge in [-0.2, -0.15) is 5.10 Å². The first kappa shape index (κ1) is 14.7. The highest BCUT2D eigenvalue weighted by Crippen LogP contribution is 2.34. The predicted octanol–water partition coefficient (Wildman–Crippen LogP) is 5.15. The lowest BCUT2D eigenvalue weighted by Gasteiger charge is -2.10. The van der Waals surface area contributed by atoms with Crippen LogP contribution < -0.4 is 5.32 Å². The fraction of sp³-hybridized carbons (Fsp3) is 0.308. The Balaban J connectivity index is 2.10. The average molecular weight is 363 g/mol. The maximum atomic E-state index is 6.16. The molecule has 0 unspecified atom stereocenters. The quantitative estimate of drug-likeness (QED) is 0.815. The molecule has 6 heteroatoms. The van der Waals surface area contributed by atoms with Crippen LogP contribution in [0.5, 0.6) is 0 Å². The van der Waals surface area contributed by atoms with Crippen LogP contribution in [0.1, 0.15) is 25.5 Å².